The molecule has 6 heteroatoms. The Morgan fingerprint density at radius 3 is 1.00 bits per heavy atom. The van der Waals surface area contributed by atoms with Gasteiger partial charge in [-0.2, -0.15) is 0 Å². The van der Waals surface area contributed by atoms with Crippen LogP contribution in [0.3, 0.4) is 0 Å². The molecule has 0 radical (unpaired) electrons. The number of ether oxygens (including phenoxy) is 1. The molecular formula is C65H127NO5. The number of amides is 1. The van der Waals surface area contributed by atoms with Gasteiger partial charge in [-0.25, -0.2) is 0 Å². The second-order valence-electron chi connectivity index (χ2n) is 22.5. The number of rotatable bonds is 61. The fourth-order valence-electron chi connectivity index (χ4n) is 10.3. The van der Waals surface area contributed by atoms with Gasteiger partial charge in [0.15, 0.2) is 0 Å². The van der Waals surface area contributed by atoms with Crippen molar-refractivity contribution in [3.05, 3.63) is 12.2 Å². The number of nitrogens with one attached hydrogen (secondary N) is 1. The van der Waals surface area contributed by atoms with Crippen molar-refractivity contribution in [2.24, 2.45) is 0 Å². The average molecular weight is 1000 g/mol. The Morgan fingerprint density at radius 1 is 0.380 bits per heavy atom. The monoisotopic (exact) mass is 1000 g/mol. The van der Waals surface area contributed by atoms with E-state index in [0.29, 0.717) is 25.9 Å². The van der Waals surface area contributed by atoms with Gasteiger partial charge < -0.3 is 20.3 Å². The molecule has 0 aliphatic carbocycles. The number of aliphatic hydroxyl groups is 2. The number of aliphatic hydroxyl groups excluding tert-OH is 2. The second-order valence-corrected chi connectivity index (χ2v) is 22.5. The Bertz CT molecular complexity index is 1060. The van der Waals surface area contributed by atoms with E-state index < -0.39 is 12.1 Å². The van der Waals surface area contributed by atoms with Crippen LogP contribution >= 0.6 is 0 Å². The minimum absolute atomic E-state index is 0.0299. The molecule has 0 heterocycles. The summed E-state index contributed by atoms with van der Waals surface area (Å²) in [7, 11) is 0. The molecule has 0 aromatic rings. The van der Waals surface area contributed by atoms with Crippen molar-refractivity contribution in [3.63, 3.8) is 0 Å². The normalized spacial score (nSPS) is 12.6. The van der Waals surface area contributed by atoms with Crippen LogP contribution < -0.4 is 5.32 Å². The quantitative estimate of drug-likeness (QED) is 0.0320. The van der Waals surface area contributed by atoms with Crippen LogP contribution in [0.2, 0.25) is 0 Å². The van der Waals surface area contributed by atoms with E-state index in [4.69, 9.17) is 4.74 Å². The standard InChI is InChI=1S/C65H127NO5/c1-3-5-7-9-11-13-15-17-19-21-23-24-25-26-27-28-30-31-33-35-37-41-45-49-53-57-63(68)62(61-67)66-64(69)58-54-50-46-42-39-40-44-48-52-56-60-71-65(70)59-55-51-47-43-38-36-34-32-29-22-20-18-16-14-12-10-8-6-4-2/h40,44,62-63,67-68H,3-39,41-43,45-61H2,1-2H3,(H,66,69)/b44-40-. The highest BCUT2D eigenvalue weighted by atomic mass is 16.5. The molecule has 0 fully saturated rings. The SMILES string of the molecule is CCCCCCCCCCCCCCCCCCCCCCCCCCCC(O)C(CO)NC(=O)CCCCCC/C=C\CCCCOC(=O)CCCCCCCCCCCCCCCCCCCCC. The van der Waals surface area contributed by atoms with E-state index in [1.807, 2.05) is 0 Å². The molecule has 71 heavy (non-hydrogen) atoms. The topological polar surface area (TPSA) is 95.9 Å². The van der Waals surface area contributed by atoms with Crippen molar-refractivity contribution >= 4 is 11.9 Å². The molecule has 0 saturated carbocycles. The van der Waals surface area contributed by atoms with E-state index in [1.54, 1.807) is 0 Å². The number of hydrogen-bond donors (Lipinski definition) is 3. The highest BCUT2D eigenvalue weighted by molar-refractivity contribution is 5.76. The number of unbranched alkanes of at least 4 members (excludes halogenated alkanes) is 48. The Labute approximate surface area is 444 Å². The third-order valence-electron chi connectivity index (χ3n) is 15.3. The highest BCUT2D eigenvalue weighted by Crippen LogP contribution is 2.19. The summed E-state index contributed by atoms with van der Waals surface area (Å²) in [5.41, 5.74) is 0. The smallest absolute Gasteiger partial charge is 0.305 e. The molecule has 0 saturated heterocycles. The van der Waals surface area contributed by atoms with E-state index in [9.17, 15) is 19.8 Å². The molecule has 0 rings (SSSR count). The maximum absolute atomic E-state index is 12.5. The zero-order valence-electron chi connectivity index (χ0n) is 48.2. The lowest BCUT2D eigenvalue weighted by atomic mass is 10.0. The van der Waals surface area contributed by atoms with Gasteiger partial charge >= 0.3 is 5.97 Å². The van der Waals surface area contributed by atoms with Crippen molar-refractivity contribution in [3.8, 4) is 0 Å². The summed E-state index contributed by atoms with van der Waals surface area (Å²) < 4.78 is 5.47. The zero-order chi connectivity index (χ0) is 51.4. The minimum atomic E-state index is -0.687. The van der Waals surface area contributed by atoms with Crippen molar-refractivity contribution in [1.29, 1.82) is 0 Å². The van der Waals surface area contributed by atoms with Gasteiger partial charge in [0, 0.05) is 12.8 Å². The van der Waals surface area contributed by atoms with E-state index in [1.165, 1.54) is 257 Å². The summed E-state index contributed by atoms with van der Waals surface area (Å²) in [6, 6.07) is -0.567. The van der Waals surface area contributed by atoms with E-state index in [0.717, 1.165) is 77.0 Å². The molecule has 2 atom stereocenters. The van der Waals surface area contributed by atoms with Crippen LogP contribution in [0.25, 0.3) is 0 Å². The zero-order valence-corrected chi connectivity index (χ0v) is 48.2. The average Bonchev–Trinajstić information content (AvgIpc) is 3.37. The second kappa shape index (κ2) is 61.1. The lowest BCUT2D eigenvalue weighted by Gasteiger charge is -2.22. The van der Waals surface area contributed by atoms with Crippen LogP contribution in [0.5, 0.6) is 0 Å². The lowest BCUT2D eigenvalue weighted by Crippen LogP contribution is -2.45. The molecule has 3 N–H and O–H groups in total. The summed E-state index contributed by atoms with van der Waals surface area (Å²) in [5, 5.41) is 23.4. The van der Waals surface area contributed by atoms with Crippen LogP contribution in [-0.2, 0) is 14.3 Å². The van der Waals surface area contributed by atoms with E-state index in [-0.39, 0.29) is 18.5 Å². The Kier molecular flexibility index (Phi) is 59.9. The van der Waals surface area contributed by atoms with Crippen molar-refractivity contribution in [2.75, 3.05) is 13.2 Å². The van der Waals surface area contributed by atoms with Crippen LogP contribution in [0, 0.1) is 0 Å². The van der Waals surface area contributed by atoms with Crippen molar-refractivity contribution in [1.82, 2.24) is 5.32 Å². The van der Waals surface area contributed by atoms with Crippen LogP contribution in [0.15, 0.2) is 12.2 Å². The summed E-state index contributed by atoms with van der Waals surface area (Å²) in [4.78, 5) is 24.6. The fourth-order valence-corrected chi connectivity index (χ4v) is 10.3. The number of allylic oxidation sites excluding steroid dienone is 2. The number of hydrogen-bond acceptors (Lipinski definition) is 5. The van der Waals surface area contributed by atoms with Crippen molar-refractivity contribution < 1.29 is 24.5 Å². The number of carbonyl (C=O) groups excluding carboxylic acids is 2. The molecule has 422 valence electrons. The molecular weight excluding hydrogens is 875 g/mol. The minimum Gasteiger partial charge on any atom is -0.466 e. The fraction of sp³-hybridized carbons (Fsp3) is 0.938. The Morgan fingerprint density at radius 2 is 0.662 bits per heavy atom. The van der Waals surface area contributed by atoms with Gasteiger partial charge in [-0.15, -0.1) is 0 Å². The molecule has 0 aliphatic heterocycles. The predicted molar refractivity (Wildman–Crippen MR) is 310 cm³/mol. The first-order valence-electron chi connectivity index (χ1n) is 32.4. The van der Waals surface area contributed by atoms with Gasteiger partial charge in [-0.1, -0.05) is 315 Å². The summed E-state index contributed by atoms with van der Waals surface area (Å²) in [6.07, 6.45) is 73.8. The molecule has 0 spiro atoms. The first kappa shape index (κ1) is 69.6. The van der Waals surface area contributed by atoms with Gasteiger partial charge in [-0.05, 0) is 51.4 Å². The van der Waals surface area contributed by atoms with E-state index >= 15 is 0 Å². The van der Waals surface area contributed by atoms with E-state index in [2.05, 4.69) is 31.3 Å². The molecule has 6 nitrogen and oxygen atoms in total. The van der Waals surface area contributed by atoms with Gasteiger partial charge in [-0.3, -0.25) is 9.59 Å². The maximum Gasteiger partial charge on any atom is 0.305 e. The maximum atomic E-state index is 12.5. The van der Waals surface area contributed by atoms with Gasteiger partial charge in [0.1, 0.15) is 0 Å². The molecule has 0 aromatic heterocycles. The van der Waals surface area contributed by atoms with Crippen LogP contribution in [0.4, 0.5) is 0 Å². The van der Waals surface area contributed by atoms with Gasteiger partial charge in [0.25, 0.3) is 0 Å². The summed E-state index contributed by atoms with van der Waals surface area (Å²) in [5.74, 6) is -0.0955. The third kappa shape index (κ3) is 57.7. The lowest BCUT2D eigenvalue weighted by molar-refractivity contribution is -0.143. The summed E-state index contributed by atoms with van der Waals surface area (Å²) >= 11 is 0. The third-order valence-corrected chi connectivity index (χ3v) is 15.3. The molecule has 0 bridgehead atoms. The van der Waals surface area contributed by atoms with Crippen molar-refractivity contribution in [2.45, 2.75) is 379 Å². The number of esters is 1. The molecule has 2 unspecified atom stereocenters. The number of carbonyl (C=O) groups is 2. The van der Waals surface area contributed by atoms with Gasteiger partial charge in [0.2, 0.25) is 5.91 Å². The Hall–Kier alpha value is -1.40. The molecule has 1 amide bonds. The highest BCUT2D eigenvalue weighted by Gasteiger charge is 2.20. The largest absolute Gasteiger partial charge is 0.466 e. The Balaban J connectivity index is 3.46. The summed E-state index contributed by atoms with van der Waals surface area (Å²) in [6.45, 7) is 4.91. The molecule has 0 aromatic carbocycles. The first-order chi connectivity index (χ1) is 35.0. The first-order valence-corrected chi connectivity index (χ1v) is 32.4. The van der Waals surface area contributed by atoms with Crippen LogP contribution in [0.1, 0.15) is 367 Å². The van der Waals surface area contributed by atoms with Crippen LogP contribution in [-0.4, -0.2) is 47.4 Å². The van der Waals surface area contributed by atoms with Gasteiger partial charge in [0.05, 0.1) is 25.4 Å². The molecule has 0 aliphatic rings. The predicted octanol–water partition coefficient (Wildman–Crippen LogP) is 20.4.